The molecule has 0 aromatic heterocycles. The fourth-order valence-corrected chi connectivity index (χ4v) is 3.32. The molecule has 0 saturated carbocycles. The highest BCUT2D eigenvalue weighted by Crippen LogP contribution is 2.42. The first-order chi connectivity index (χ1) is 16.6. The smallest absolute Gasteiger partial charge is 0.338 e. The molecule has 0 spiro atoms. The summed E-state index contributed by atoms with van der Waals surface area (Å²) in [6.45, 7) is -0.608. The highest BCUT2D eigenvalue weighted by atomic mass is 16.7. The van der Waals surface area contributed by atoms with Crippen molar-refractivity contribution in [2.24, 2.45) is 0 Å². The first-order valence-electron chi connectivity index (χ1n) is 10.2. The SMILES string of the molecule is COc1cc(OC)c(O[C@H]2O[C@H](COC(=O)c3cc(O)c(O)c(O)c3)[C@@H](O)[C@H](O)[C@H]2O)c(OC)c1. The molecule has 0 amide bonds. The number of benzene rings is 2. The third-order valence-corrected chi connectivity index (χ3v) is 5.26. The zero-order valence-corrected chi connectivity index (χ0v) is 18.9. The Morgan fingerprint density at radius 3 is 1.94 bits per heavy atom. The molecule has 13 heteroatoms. The molecular weight excluding hydrogens is 472 g/mol. The first kappa shape index (κ1) is 26.0. The summed E-state index contributed by atoms with van der Waals surface area (Å²) in [6.07, 6.45) is -8.01. The molecule has 1 aliphatic heterocycles. The predicted octanol–water partition coefficient (Wildman–Crippen LogP) is -0.127. The molecular formula is C22H26O13. The third kappa shape index (κ3) is 5.38. The van der Waals surface area contributed by atoms with Crippen LogP contribution in [0, 0.1) is 0 Å². The third-order valence-electron chi connectivity index (χ3n) is 5.26. The van der Waals surface area contributed by atoms with Crippen LogP contribution in [0.4, 0.5) is 0 Å². The summed E-state index contributed by atoms with van der Waals surface area (Å²) in [5, 5.41) is 59.5. The van der Waals surface area contributed by atoms with Crippen LogP contribution in [0.2, 0.25) is 0 Å². The van der Waals surface area contributed by atoms with Crippen LogP contribution in [-0.2, 0) is 9.47 Å². The summed E-state index contributed by atoms with van der Waals surface area (Å²) in [6, 6.07) is 4.70. The molecule has 35 heavy (non-hydrogen) atoms. The second kappa shape index (κ2) is 10.7. The van der Waals surface area contributed by atoms with E-state index in [0.717, 1.165) is 12.1 Å². The van der Waals surface area contributed by atoms with Gasteiger partial charge in [0.25, 0.3) is 0 Å². The lowest BCUT2D eigenvalue weighted by molar-refractivity contribution is -0.277. The van der Waals surface area contributed by atoms with E-state index in [-0.39, 0.29) is 22.8 Å². The van der Waals surface area contributed by atoms with E-state index >= 15 is 0 Å². The number of ether oxygens (including phenoxy) is 6. The summed E-state index contributed by atoms with van der Waals surface area (Å²) < 4.78 is 32.0. The van der Waals surface area contributed by atoms with Gasteiger partial charge >= 0.3 is 5.97 Å². The minimum absolute atomic E-state index is 0.00854. The van der Waals surface area contributed by atoms with Crippen LogP contribution in [0.25, 0.3) is 0 Å². The second-order valence-electron chi connectivity index (χ2n) is 7.46. The van der Waals surface area contributed by atoms with Crippen molar-refractivity contribution in [1.29, 1.82) is 0 Å². The van der Waals surface area contributed by atoms with E-state index in [9.17, 15) is 35.4 Å². The maximum absolute atomic E-state index is 12.3. The Balaban J connectivity index is 1.77. The highest BCUT2D eigenvalue weighted by molar-refractivity contribution is 5.91. The second-order valence-corrected chi connectivity index (χ2v) is 7.46. The number of hydrogen-bond donors (Lipinski definition) is 6. The van der Waals surface area contributed by atoms with Gasteiger partial charge in [-0.2, -0.15) is 0 Å². The summed E-state index contributed by atoms with van der Waals surface area (Å²) in [7, 11) is 4.16. The number of methoxy groups -OCH3 is 3. The molecule has 0 aliphatic carbocycles. The Bertz CT molecular complexity index is 1010. The standard InChI is InChI=1S/C22H26O13/c1-30-10-6-13(31-2)20(14(7-10)32-3)35-22-19(28)18(27)17(26)15(34-22)8-33-21(29)9-4-11(23)16(25)12(24)5-9/h4-7,15,17-19,22-28H,8H2,1-3H3/t15-,17-,18+,19-,22-/m1/s1. The van der Waals surface area contributed by atoms with Gasteiger partial charge in [-0.05, 0) is 12.1 Å². The minimum atomic E-state index is -1.74. The van der Waals surface area contributed by atoms with Crippen LogP contribution in [0.3, 0.4) is 0 Å². The van der Waals surface area contributed by atoms with Crippen LogP contribution in [-0.4, -0.2) is 95.3 Å². The fourth-order valence-electron chi connectivity index (χ4n) is 3.32. The summed E-state index contributed by atoms with van der Waals surface area (Å²) in [5.41, 5.74) is -0.302. The van der Waals surface area contributed by atoms with Gasteiger partial charge in [0.05, 0.1) is 26.9 Å². The topological polar surface area (TPSA) is 194 Å². The Labute approximate surface area is 199 Å². The van der Waals surface area contributed by atoms with Gasteiger partial charge in [-0.3, -0.25) is 0 Å². The normalized spacial score (nSPS) is 23.9. The van der Waals surface area contributed by atoms with Crippen molar-refractivity contribution in [1.82, 2.24) is 0 Å². The fraction of sp³-hybridized carbons (Fsp3) is 0.409. The van der Waals surface area contributed by atoms with Crippen molar-refractivity contribution in [2.45, 2.75) is 30.7 Å². The zero-order chi connectivity index (χ0) is 25.9. The van der Waals surface area contributed by atoms with Crippen molar-refractivity contribution in [3.05, 3.63) is 29.8 Å². The number of phenolic OH excluding ortho intramolecular Hbond substituents is 3. The van der Waals surface area contributed by atoms with Gasteiger partial charge in [-0.15, -0.1) is 0 Å². The van der Waals surface area contributed by atoms with Gasteiger partial charge in [0, 0.05) is 12.1 Å². The lowest BCUT2D eigenvalue weighted by Gasteiger charge is -2.40. The van der Waals surface area contributed by atoms with E-state index in [1.165, 1.54) is 33.5 Å². The van der Waals surface area contributed by atoms with Crippen molar-refractivity contribution in [3.63, 3.8) is 0 Å². The Kier molecular flexibility index (Phi) is 7.96. The average Bonchev–Trinajstić information content (AvgIpc) is 2.85. The molecule has 13 nitrogen and oxygen atoms in total. The van der Waals surface area contributed by atoms with Crippen LogP contribution in [0.5, 0.6) is 40.2 Å². The van der Waals surface area contributed by atoms with Crippen LogP contribution < -0.4 is 18.9 Å². The number of aliphatic hydroxyl groups excluding tert-OH is 3. The van der Waals surface area contributed by atoms with E-state index in [1.807, 2.05) is 0 Å². The van der Waals surface area contributed by atoms with E-state index in [2.05, 4.69) is 0 Å². The predicted molar refractivity (Wildman–Crippen MR) is 115 cm³/mol. The zero-order valence-electron chi connectivity index (χ0n) is 18.9. The van der Waals surface area contributed by atoms with Gasteiger partial charge < -0.3 is 59.1 Å². The molecule has 1 saturated heterocycles. The summed E-state index contributed by atoms with van der Waals surface area (Å²) in [4.78, 5) is 12.3. The molecule has 6 N–H and O–H groups in total. The first-order valence-corrected chi connectivity index (χ1v) is 10.2. The number of carbonyl (C=O) groups excluding carboxylic acids is 1. The Morgan fingerprint density at radius 2 is 1.43 bits per heavy atom. The van der Waals surface area contributed by atoms with Gasteiger partial charge in [-0.1, -0.05) is 0 Å². The van der Waals surface area contributed by atoms with E-state index in [0.29, 0.717) is 5.75 Å². The number of aromatic hydroxyl groups is 3. The molecule has 3 rings (SSSR count). The van der Waals surface area contributed by atoms with Gasteiger partial charge in [0.2, 0.25) is 12.0 Å². The largest absolute Gasteiger partial charge is 0.504 e. The number of esters is 1. The quantitative estimate of drug-likeness (QED) is 0.208. The lowest BCUT2D eigenvalue weighted by atomic mass is 9.99. The Hall–Kier alpha value is -3.65. The van der Waals surface area contributed by atoms with Gasteiger partial charge in [-0.25, -0.2) is 4.79 Å². The maximum atomic E-state index is 12.3. The molecule has 5 atom stereocenters. The van der Waals surface area contributed by atoms with Crippen LogP contribution in [0.15, 0.2) is 24.3 Å². The maximum Gasteiger partial charge on any atom is 0.338 e. The average molecular weight is 498 g/mol. The molecule has 0 radical (unpaired) electrons. The monoisotopic (exact) mass is 498 g/mol. The van der Waals surface area contributed by atoms with E-state index in [1.54, 1.807) is 0 Å². The van der Waals surface area contributed by atoms with E-state index in [4.69, 9.17) is 28.4 Å². The molecule has 1 heterocycles. The molecule has 2 aromatic carbocycles. The molecule has 1 fully saturated rings. The number of aliphatic hydroxyl groups is 3. The van der Waals surface area contributed by atoms with Gasteiger partial charge in [0.1, 0.15) is 36.8 Å². The van der Waals surface area contributed by atoms with Crippen molar-refractivity contribution < 1.29 is 63.9 Å². The summed E-state index contributed by atoms with van der Waals surface area (Å²) in [5.74, 6) is -2.63. The molecule has 0 unspecified atom stereocenters. The number of phenols is 3. The minimum Gasteiger partial charge on any atom is -0.504 e. The molecule has 1 aliphatic rings. The number of rotatable bonds is 8. The van der Waals surface area contributed by atoms with Gasteiger partial charge in [0.15, 0.2) is 28.7 Å². The van der Waals surface area contributed by atoms with Crippen molar-refractivity contribution in [3.8, 4) is 40.2 Å². The van der Waals surface area contributed by atoms with Crippen LogP contribution >= 0.6 is 0 Å². The number of carbonyl (C=O) groups is 1. The van der Waals surface area contributed by atoms with Crippen LogP contribution in [0.1, 0.15) is 10.4 Å². The van der Waals surface area contributed by atoms with Crippen molar-refractivity contribution in [2.75, 3.05) is 27.9 Å². The molecule has 2 aromatic rings. The lowest BCUT2D eigenvalue weighted by Crippen LogP contribution is -2.60. The Morgan fingerprint density at radius 1 is 0.857 bits per heavy atom. The highest BCUT2D eigenvalue weighted by Gasteiger charge is 2.46. The molecule has 192 valence electrons. The molecule has 0 bridgehead atoms. The summed E-state index contributed by atoms with van der Waals surface area (Å²) >= 11 is 0. The number of hydrogen-bond acceptors (Lipinski definition) is 13. The van der Waals surface area contributed by atoms with Crippen molar-refractivity contribution >= 4 is 5.97 Å². The van der Waals surface area contributed by atoms with E-state index < -0.39 is 60.5 Å².